The molecular formula is C13H21N3OS. The van der Waals surface area contributed by atoms with Crippen LogP contribution < -0.4 is 5.32 Å². The zero-order chi connectivity index (χ0) is 12.8. The largest absolute Gasteiger partial charge is 0.344 e. The molecule has 1 aromatic heterocycles. The molecule has 4 nitrogen and oxygen atoms in total. The Morgan fingerprint density at radius 3 is 2.94 bits per heavy atom. The van der Waals surface area contributed by atoms with Gasteiger partial charge in [-0.15, -0.1) is 11.3 Å². The van der Waals surface area contributed by atoms with Crippen LogP contribution in [-0.2, 0) is 11.2 Å². The first-order valence-corrected chi connectivity index (χ1v) is 7.33. The fourth-order valence-electron chi connectivity index (χ4n) is 2.05. The minimum atomic E-state index is 0.215. The van der Waals surface area contributed by atoms with E-state index in [0.717, 1.165) is 44.1 Å². The molecule has 0 aromatic carbocycles. The van der Waals surface area contributed by atoms with Crippen molar-refractivity contribution in [1.82, 2.24) is 15.1 Å². The van der Waals surface area contributed by atoms with Crippen molar-refractivity contribution in [3.05, 3.63) is 22.4 Å². The van der Waals surface area contributed by atoms with Crippen LogP contribution in [0.2, 0.25) is 0 Å². The normalized spacial score (nSPS) is 16.7. The lowest BCUT2D eigenvalue weighted by Gasteiger charge is -2.29. The van der Waals surface area contributed by atoms with Gasteiger partial charge in [0.1, 0.15) is 0 Å². The summed E-state index contributed by atoms with van der Waals surface area (Å²) in [6, 6.07) is 4.01. The molecule has 0 spiro atoms. The predicted molar refractivity (Wildman–Crippen MR) is 75.0 cm³/mol. The summed E-state index contributed by atoms with van der Waals surface area (Å²) in [5.41, 5.74) is 0. The molecule has 0 atom stereocenters. The summed E-state index contributed by atoms with van der Waals surface area (Å²) in [5, 5.41) is 5.35. The number of rotatable bonds is 5. The summed E-state index contributed by atoms with van der Waals surface area (Å²) in [6.45, 7) is 6.11. The van der Waals surface area contributed by atoms with E-state index in [4.69, 9.17) is 0 Å². The first-order chi connectivity index (χ1) is 8.75. The van der Waals surface area contributed by atoms with Crippen LogP contribution in [0.4, 0.5) is 0 Å². The molecule has 1 aliphatic heterocycles. The fourth-order valence-corrected chi connectivity index (χ4v) is 2.74. The van der Waals surface area contributed by atoms with Gasteiger partial charge in [-0.3, -0.25) is 9.69 Å². The smallest absolute Gasteiger partial charge is 0.227 e. The highest BCUT2D eigenvalue weighted by molar-refractivity contribution is 7.10. The van der Waals surface area contributed by atoms with Crippen LogP contribution in [-0.4, -0.2) is 62.0 Å². The molecule has 2 heterocycles. The number of carbonyl (C=O) groups is 1. The summed E-state index contributed by atoms with van der Waals surface area (Å²) in [4.78, 5) is 17.4. The van der Waals surface area contributed by atoms with Crippen molar-refractivity contribution >= 4 is 17.2 Å². The van der Waals surface area contributed by atoms with Gasteiger partial charge >= 0.3 is 0 Å². The summed E-state index contributed by atoms with van der Waals surface area (Å²) in [7, 11) is 1.90. The number of thiophene rings is 1. The molecule has 1 aliphatic rings. The maximum atomic E-state index is 12.0. The van der Waals surface area contributed by atoms with Crippen LogP contribution in [0.5, 0.6) is 0 Å². The van der Waals surface area contributed by atoms with Gasteiger partial charge in [-0.05, 0) is 11.4 Å². The standard InChI is InChI=1S/C13H21N3OS/c1-15(8-9-16-6-4-14-5-7-16)13(17)11-12-3-2-10-18-12/h2-3,10,14H,4-9,11H2,1H3. The molecular weight excluding hydrogens is 246 g/mol. The maximum Gasteiger partial charge on any atom is 0.227 e. The van der Waals surface area contributed by atoms with E-state index in [1.54, 1.807) is 11.3 Å². The molecule has 1 fully saturated rings. The molecule has 0 radical (unpaired) electrons. The Hall–Kier alpha value is -0.910. The Morgan fingerprint density at radius 1 is 1.50 bits per heavy atom. The molecule has 0 unspecified atom stereocenters. The van der Waals surface area contributed by atoms with Gasteiger partial charge in [-0.1, -0.05) is 6.07 Å². The molecule has 18 heavy (non-hydrogen) atoms. The van der Waals surface area contributed by atoms with Crippen LogP contribution in [0.25, 0.3) is 0 Å². The topological polar surface area (TPSA) is 35.6 Å². The van der Waals surface area contributed by atoms with Gasteiger partial charge in [0.25, 0.3) is 0 Å². The minimum absolute atomic E-state index is 0.215. The second-order valence-corrected chi connectivity index (χ2v) is 5.70. The van der Waals surface area contributed by atoms with Gasteiger partial charge < -0.3 is 10.2 Å². The second-order valence-electron chi connectivity index (χ2n) is 4.66. The van der Waals surface area contributed by atoms with E-state index < -0.39 is 0 Å². The van der Waals surface area contributed by atoms with Crippen molar-refractivity contribution < 1.29 is 4.79 Å². The molecule has 5 heteroatoms. The monoisotopic (exact) mass is 267 g/mol. The number of nitrogens with zero attached hydrogens (tertiary/aromatic N) is 2. The Labute approximate surface area is 113 Å². The van der Waals surface area contributed by atoms with Crippen molar-refractivity contribution in [2.24, 2.45) is 0 Å². The van der Waals surface area contributed by atoms with Crippen molar-refractivity contribution in [1.29, 1.82) is 0 Å². The molecule has 1 saturated heterocycles. The highest BCUT2D eigenvalue weighted by Gasteiger charge is 2.13. The third-order valence-corrected chi connectivity index (χ3v) is 4.17. The number of carbonyl (C=O) groups excluding carboxylic acids is 1. The van der Waals surface area contributed by atoms with E-state index >= 15 is 0 Å². The zero-order valence-electron chi connectivity index (χ0n) is 10.9. The lowest BCUT2D eigenvalue weighted by Crippen LogP contribution is -2.46. The summed E-state index contributed by atoms with van der Waals surface area (Å²) in [6.07, 6.45) is 0.537. The van der Waals surface area contributed by atoms with Crippen LogP contribution in [0.3, 0.4) is 0 Å². The number of hydrogen-bond donors (Lipinski definition) is 1. The molecule has 2 rings (SSSR count). The maximum absolute atomic E-state index is 12.0. The highest BCUT2D eigenvalue weighted by atomic mass is 32.1. The Bertz CT molecular complexity index is 360. The Balaban J connectivity index is 1.70. The van der Waals surface area contributed by atoms with E-state index in [-0.39, 0.29) is 5.91 Å². The van der Waals surface area contributed by atoms with Gasteiger partial charge in [0.05, 0.1) is 6.42 Å². The van der Waals surface area contributed by atoms with Crippen molar-refractivity contribution in [3.8, 4) is 0 Å². The predicted octanol–water partition coefficient (Wildman–Crippen LogP) is 0.654. The average Bonchev–Trinajstić information content (AvgIpc) is 2.90. The van der Waals surface area contributed by atoms with E-state index in [9.17, 15) is 4.79 Å². The second kappa shape index (κ2) is 6.87. The Morgan fingerprint density at radius 2 is 2.28 bits per heavy atom. The lowest BCUT2D eigenvalue weighted by atomic mass is 10.3. The van der Waals surface area contributed by atoms with Gasteiger partial charge in [-0.25, -0.2) is 0 Å². The number of hydrogen-bond acceptors (Lipinski definition) is 4. The average molecular weight is 267 g/mol. The summed E-state index contributed by atoms with van der Waals surface area (Å²) in [5.74, 6) is 0.215. The number of likely N-dealkylation sites (N-methyl/N-ethyl adjacent to an activating group) is 1. The molecule has 100 valence electrons. The number of nitrogens with one attached hydrogen (secondary N) is 1. The Kier molecular flexibility index (Phi) is 5.16. The van der Waals surface area contributed by atoms with Gasteiger partial charge in [0, 0.05) is 51.2 Å². The molecule has 0 saturated carbocycles. The summed E-state index contributed by atoms with van der Waals surface area (Å²) >= 11 is 1.65. The van der Waals surface area contributed by atoms with Crippen LogP contribution >= 0.6 is 11.3 Å². The van der Waals surface area contributed by atoms with Gasteiger partial charge in [0.2, 0.25) is 5.91 Å². The van der Waals surface area contributed by atoms with Crippen LogP contribution in [0.1, 0.15) is 4.88 Å². The molecule has 1 aromatic rings. The van der Waals surface area contributed by atoms with Gasteiger partial charge in [-0.2, -0.15) is 0 Å². The molecule has 1 amide bonds. The number of piperazine rings is 1. The fraction of sp³-hybridized carbons (Fsp3) is 0.615. The third-order valence-electron chi connectivity index (χ3n) is 3.29. The van der Waals surface area contributed by atoms with E-state index in [0.29, 0.717) is 6.42 Å². The van der Waals surface area contributed by atoms with Crippen LogP contribution in [0.15, 0.2) is 17.5 Å². The first-order valence-electron chi connectivity index (χ1n) is 6.45. The van der Waals surface area contributed by atoms with Crippen LogP contribution in [0, 0.1) is 0 Å². The zero-order valence-corrected chi connectivity index (χ0v) is 11.7. The van der Waals surface area contributed by atoms with Gasteiger partial charge in [0.15, 0.2) is 0 Å². The minimum Gasteiger partial charge on any atom is -0.344 e. The third kappa shape index (κ3) is 4.08. The van der Waals surface area contributed by atoms with E-state index in [1.165, 1.54) is 0 Å². The highest BCUT2D eigenvalue weighted by Crippen LogP contribution is 2.10. The molecule has 0 aliphatic carbocycles. The summed E-state index contributed by atoms with van der Waals surface area (Å²) < 4.78 is 0. The van der Waals surface area contributed by atoms with E-state index in [2.05, 4.69) is 10.2 Å². The number of amides is 1. The lowest BCUT2D eigenvalue weighted by molar-refractivity contribution is -0.129. The molecule has 0 bridgehead atoms. The first kappa shape index (κ1) is 13.5. The van der Waals surface area contributed by atoms with E-state index in [1.807, 2.05) is 29.5 Å². The van der Waals surface area contributed by atoms with Crippen molar-refractivity contribution in [3.63, 3.8) is 0 Å². The van der Waals surface area contributed by atoms with Crippen molar-refractivity contribution in [2.75, 3.05) is 46.3 Å². The molecule has 1 N–H and O–H groups in total. The quantitative estimate of drug-likeness (QED) is 0.851. The van der Waals surface area contributed by atoms with Crippen molar-refractivity contribution in [2.45, 2.75) is 6.42 Å². The SMILES string of the molecule is CN(CCN1CCNCC1)C(=O)Cc1cccs1.